The summed E-state index contributed by atoms with van der Waals surface area (Å²) in [5.74, 6) is 0.307. The second-order valence-corrected chi connectivity index (χ2v) is 5.54. The molecular formula is C9H7BrOS2. The van der Waals surface area contributed by atoms with Crippen LogP contribution >= 0.6 is 39.0 Å². The van der Waals surface area contributed by atoms with Crippen LogP contribution in [0.3, 0.4) is 0 Å². The number of benzene rings is 1. The monoisotopic (exact) mass is 274 g/mol. The van der Waals surface area contributed by atoms with Crippen LogP contribution in [0, 0.1) is 0 Å². The standard InChI is InChI=1S/C9H7BrOS2/c1-12-7-4-5-2-3-6(11)8(10)9(5)13-7/h2-4,11H,1H3. The quantitative estimate of drug-likeness (QED) is 0.791. The molecule has 0 saturated carbocycles. The maximum absolute atomic E-state index is 9.45. The summed E-state index contributed by atoms with van der Waals surface area (Å²) < 4.78 is 3.18. The van der Waals surface area contributed by atoms with Crippen molar-refractivity contribution in [3.05, 3.63) is 22.7 Å². The van der Waals surface area contributed by atoms with Crippen molar-refractivity contribution in [1.29, 1.82) is 0 Å². The van der Waals surface area contributed by atoms with E-state index in [-0.39, 0.29) is 0 Å². The number of thiophene rings is 1. The molecule has 68 valence electrons. The van der Waals surface area contributed by atoms with Gasteiger partial charge < -0.3 is 5.11 Å². The van der Waals surface area contributed by atoms with Crippen LogP contribution in [0.25, 0.3) is 10.1 Å². The summed E-state index contributed by atoms with van der Waals surface area (Å²) in [5, 5.41) is 10.6. The molecule has 1 aromatic heterocycles. The number of halogens is 1. The molecule has 1 nitrogen and oxygen atoms in total. The summed E-state index contributed by atoms with van der Waals surface area (Å²) >= 11 is 6.79. The van der Waals surface area contributed by atoms with E-state index in [0.717, 1.165) is 9.17 Å². The van der Waals surface area contributed by atoms with Crippen molar-refractivity contribution in [2.45, 2.75) is 4.21 Å². The molecule has 13 heavy (non-hydrogen) atoms. The fourth-order valence-corrected chi connectivity index (χ4v) is 3.39. The SMILES string of the molecule is CSc1cc2ccc(O)c(Br)c2s1. The van der Waals surface area contributed by atoms with Gasteiger partial charge in [-0.3, -0.25) is 0 Å². The third-order valence-corrected chi connectivity index (χ3v) is 5.08. The van der Waals surface area contributed by atoms with Gasteiger partial charge in [-0.05, 0) is 45.8 Å². The van der Waals surface area contributed by atoms with Crippen molar-refractivity contribution in [3.8, 4) is 5.75 Å². The molecule has 0 aliphatic heterocycles. The van der Waals surface area contributed by atoms with Gasteiger partial charge in [0, 0.05) is 0 Å². The van der Waals surface area contributed by atoms with Gasteiger partial charge in [-0.1, -0.05) is 0 Å². The molecule has 0 saturated heterocycles. The van der Waals surface area contributed by atoms with E-state index in [4.69, 9.17) is 0 Å². The van der Waals surface area contributed by atoms with Gasteiger partial charge in [-0.2, -0.15) is 0 Å². The van der Waals surface area contributed by atoms with Crippen LogP contribution < -0.4 is 0 Å². The number of phenols is 1. The van der Waals surface area contributed by atoms with Gasteiger partial charge in [0.05, 0.1) is 13.4 Å². The van der Waals surface area contributed by atoms with E-state index in [1.165, 1.54) is 9.60 Å². The number of phenolic OH excluding ortho intramolecular Hbond substituents is 1. The van der Waals surface area contributed by atoms with Crippen molar-refractivity contribution < 1.29 is 5.11 Å². The number of hydrogen-bond acceptors (Lipinski definition) is 3. The molecule has 0 spiro atoms. The van der Waals surface area contributed by atoms with Gasteiger partial charge in [0.15, 0.2) is 0 Å². The van der Waals surface area contributed by atoms with E-state index in [1.54, 1.807) is 29.2 Å². The van der Waals surface area contributed by atoms with Crippen LogP contribution in [0.1, 0.15) is 0 Å². The molecule has 0 bridgehead atoms. The Labute approximate surface area is 92.9 Å². The van der Waals surface area contributed by atoms with Crippen molar-refractivity contribution in [3.63, 3.8) is 0 Å². The van der Waals surface area contributed by atoms with E-state index >= 15 is 0 Å². The lowest BCUT2D eigenvalue weighted by molar-refractivity contribution is 0.473. The predicted molar refractivity (Wildman–Crippen MR) is 63.0 cm³/mol. The van der Waals surface area contributed by atoms with Gasteiger partial charge in [-0.15, -0.1) is 23.1 Å². The summed E-state index contributed by atoms with van der Waals surface area (Å²) in [4.78, 5) is 0. The molecule has 1 N–H and O–H groups in total. The molecule has 0 atom stereocenters. The molecule has 0 aliphatic rings. The first-order chi connectivity index (χ1) is 6.22. The average Bonchev–Trinajstić information content (AvgIpc) is 2.55. The summed E-state index contributed by atoms with van der Waals surface area (Å²) in [7, 11) is 0. The fourth-order valence-electron chi connectivity index (χ4n) is 1.14. The van der Waals surface area contributed by atoms with Crippen LogP contribution in [-0.4, -0.2) is 11.4 Å². The summed E-state index contributed by atoms with van der Waals surface area (Å²) in [6.45, 7) is 0. The Balaban J connectivity index is 2.76. The fraction of sp³-hybridized carbons (Fsp3) is 0.111. The molecule has 2 rings (SSSR count). The Morgan fingerprint density at radius 3 is 2.92 bits per heavy atom. The van der Waals surface area contributed by atoms with E-state index in [0.29, 0.717) is 5.75 Å². The molecule has 0 amide bonds. The Morgan fingerprint density at radius 1 is 1.46 bits per heavy atom. The van der Waals surface area contributed by atoms with Crippen LogP contribution in [0.15, 0.2) is 26.9 Å². The van der Waals surface area contributed by atoms with E-state index in [2.05, 4.69) is 28.3 Å². The lowest BCUT2D eigenvalue weighted by Crippen LogP contribution is -1.67. The van der Waals surface area contributed by atoms with Gasteiger partial charge in [0.25, 0.3) is 0 Å². The highest BCUT2D eigenvalue weighted by Crippen LogP contribution is 2.40. The Hall–Kier alpha value is -0.190. The zero-order valence-electron chi connectivity index (χ0n) is 6.87. The lowest BCUT2D eigenvalue weighted by atomic mass is 10.2. The second kappa shape index (κ2) is 3.52. The summed E-state index contributed by atoms with van der Waals surface area (Å²) in [5.41, 5.74) is 0. The number of thioether (sulfide) groups is 1. The highest BCUT2D eigenvalue weighted by atomic mass is 79.9. The van der Waals surface area contributed by atoms with E-state index in [1.807, 2.05) is 6.07 Å². The number of rotatable bonds is 1. The third-order valence-electron chi connectivity index (χ3n) is 1.78. The lowest BCUT2D eigenvalue weighted by Gasteiger charge is -1.96. The Kier molecular flexibility index (Phi) is 2.53. The van der Waals surface area contributed by atoms with Gasteiger partial charge in [0.1, 0.15) is 5.75 Å². The molecule has 0 radical (unpaired) electrons. The normalized spacial score (nSPS) is 10.9. The van der Waals surface area contributed by atoms with Crippen molar-refractivity contribution in [1.82, 2.24) is 0 Å². The van der Waals surface area contributed by atoms with Crippen molar-refractivity contribution in [2.75, 3.05) is 6.26 Å². The molecule has 2 aromatic rings. The molecule has 0 aliphatic carbocycles. The first-order valence-corrected chi connectivity index (χ1v) is 6.51. The first-order valence-electron chi connectivity index (χ1n) is 3.67. The second-order valence-electron chi connectivity index (χ2n) is 2.59. The van der Waals surface area contributed by atoms with Crippen LogP contribution in [0.5, 0.6) is 5.75 Å². The minimum Gasteiger partial charge on any atom is -0.507 e. The molecule has 0 fully saturated rings. The van der Waals surface area contributed by atoms with Crippen molar-refractivity contribution >= 4 is 49.1 Å². The smallest absolute Gasteiger partial charge is 0.131 e. The first kappa shape index (κ1) is 9.37. The largest absolute Gasteiger partial charge is 0.507 e. The van der Waals surface area contributed by atoms with E-state index in [9.17, 15) is 5.11 Å². The molecule has 4 heteroatoms. The summed E-state index contributed by atoms with van der Waals surface area (Å²) in [6.07, 6.45) is 2.05. The van der Waals surface area contributed by atoms with Crippen LogP contribution in [-0.2, 0) is 0 Å². The average molecular weight is 275 g/mol. The molecule has 1 aromatic carbocycles. The number of aromatic hydroxyl groups is 1. The maximum Gasteiger partial charge on any atom is 0.131 e. The topological polar surface area (TPSA) is 20.2 Å². The van der Waals surface area contributed by atoms with Gasteiger partial charge >= 0.3 is 0 Å². The predicted octanol–water partition coefficient (Wildman–Crippen LogP) is 4.09. The van der Waals surface area contributed by atoms with Crippen LogP contribution in [0.2, 0.25) is 0 Å². The Bertz CT molecular complexity index is 450. The van der Waals surface area contributed by atoms with Gasteiger partial charge in [0.2, 0.25) is 0 Å². The maximum atomic E-state index is 9.45. The van der Waals surface area contributed by atoms with E-state index < -0.39 is 0 Å². The number of hydrogen-bond donors (Lipinski definition) is 1. The molecule has 1 heterocycles. The highest BCUT2D eigenvalue weighted by Gasteiger charge is 2.07. The third kappa shape index (κ3) is 1.58. The minimum atomic E-state index is 0.307. The van der Waals surface area contributed by atoms with Crippen LogP contribution in [0.4, 0.5) is 0 Å². The van der Waals surface area contributed by atoms with Gasteiger partial charge in [-0.25, -0.2) is 0 Å². The zero-order valence-corrected chi connectivity index (χ0v) is 10.1. The molecular weight excluding hydrogens is 268 g/mol. The minimum absolute atomic E-state index is 0.307. The zero-order chi connectivity index (χ0) is 9.42. The number of fused-ring (bicyclic) bond motifs is 1. The Morgan fingerprint density at radius 2 is 2.23 bits per heavy atom. The van der Waals surface area contributed by atoms with Crippen molar-refractivity contribution in [2.24, 2.45) is 0 Å². The highest BCUT2D eigenvalue weighted by molar-refractivity contribution is 9.10. The summed E-state index contributed by atoms with van der Waals surface area (Å²) in [6, 6.07) is 5.78. The molecule has 0 unspecified atom stereocenters.